The molecule has 0 bridgehead atoms. The zero-order valence-corrected chi connectivity index (χ0v) is 11.8. The largest absolute Gasteiger partial charge is 0.486 e. The van der Waals surface area contributed by atoms with Crippen molar-refractivity contribution in [3.8, 4) is 5.75 Å². The van der Waals surface area contributed by atoms with Crippen molar-refractivity contribution in [2.75, 3.05) is 0 Å². The number of nitrogens with zero attached hydrogens (tertiary/aromatic N) is 2. The molecule has 0 spiro atoms. The third-order valence-corrected chi connectivity index (χ3v) is 3.44. The summed E-state index contributed by atoms with van der Waals surface area (Å²) in [5.74, 6) is 0.586. The van der Waals surface area contributed by atoms with E-state index >= 15 is 0 Å². The monoisotopic (exact) mass is 280 g/mol. The second-order valence-electron chi connectivity index (χ2n) is 4.72. The molecule has 4 nitrogen and oxygen atoms in total. The van der Waals surface area contributed by atoms with Crippen LogP contribution in [0, 0.1) is 0 Å². The number of aromatic nitrogens is 2. The summed E-state index contributed by atoms with van der Waals surface area (Å²) in [5, 5.41) is 5.67. The molecule has 21 heavy (non-hydrogen) atoms. The fraction of sp³-hybridized carbons (Fsp3) is 0.176. The van der Waals surface area contributed by atoms with Gasteiger partial charge in [0.15, 0.2) is 6.29 Å². The van der Waals surface area contributed by atoms with Crippen LogP contribution in [0.2, 0.25) is 0 Å². The van der Waals surface area contributed by atoms with Crippen molar-refractivity contribution in [2.24, 2.45) is 0 Å². The number of benzene rings is 2. The Hall–Kier alpha value is -2.62. The van der Waals surface area contributed by atoms with Crippen LogP contribution in [0.3, 0.4) is 0 Å². The topological polar surface area (TPSA) is 44.1 Å². The molecule has 0 aliphatic heterocycles. The Bertz CT molecular complexity index is 777. The summed E-state index contributed by atoms with van der Waals surface area (Å²) in [7, 11) is 0. The summed E-state index contributed by atoms with van der Waals surface area (Å²) < 4.78 is 7.73. The minimum absolute atomic E-state index is 0.346. The van der Waals surface area contributed by atoms with Crippen LogP contribution in [0.4, 0.5) is 0 Å². The summed E-state index contributed by atoms with van der Waals surface area (Å²) in [6.45, 7) is 3.22. The van der Waals surface area contributed by atoms with Gasteiger partial charge in [0.25, 0.3) is 0 Å². The Morgan fingerprint density at radius 1 is 1.14 bits per heavy atom. The Balaban J connectivity index is 1.90. The van der Waals surface area contributed by atoms with Crippen LogP contribution in [0.25, 0.3) is 10.9 Å². The number of rotatable bonds is 5. The highest BCUT2D eigenvalue weighted by molar-refractivity contribution is 5.82. The molecule has 0 fully saturated rings. The molecule has 0 unspecified atom stereocenters. The van der Waals surface area contributed by atoms with Gasteiger partial charge < -0.3 is 4.74 Å². The first-order valence-electron chi connectivity index (χ1n) is 6.95. The zero-order valence-electron chi connectivity index (χ0n) is 11.8. The number of carbonyl (C=O) groups excluding carboxylic acids is 1. The molecule has 0 saturated heterocycles. The lowest BCUT2D eigenvalue weighted by Crippen LogP contribution is -2.01. The van der Waals surface area contributed by atoms with E-state index in [-0.39, 0.29) is 0 Å². The number of para-hydroxylation sites is 2. The molecule has 3 aromatic rings. The summed E-state index contributed by atoms with van der Waals surface area (Å²) in [4.78, 5) is 11.0. The van der Waals surface area contributed by atoms with E-state index in [1.165, 1.54) is 0 Å². The van der Waals surface area contributed by atoms with Crippen LogP contribution in [-0.2, 0) is 13.2 Å². The van der Waals surface area contributed by atoms with Gasteiger partial charge in [-0.05, 0) is 25.1 Å². The van der Waals surface area contributed by atoms with E-state index < -0.39 is 0 Å². The highest BCUT2D eigenvalue weighted by atomic mass is 16.5. The van der Waals surface area contributed by atoms with Gasteiger partial charge in [-0.25, -0.2) is 0 Å². The van der Waals surface area contributed by atoms with Crippen molar-refractivity contribution >= 4 is 17.2 Å². The van der Waals surface area contributed by atoms with E-state index in [0.717, 1.165) is 29.4 Å². The van der Waals surface area contributed by atoms with Crippen molar-refractivity contribution in [3.05, 3.63) is 59.8 Å². The van der Waals surface area contributed by atoms with E-state index in [1.54, 1.807) is 12.1 Å². The minimum Gasteiger partial charge on any atom is -0.486 e. The molecule has 0 amide bonds. The normalized spacial score (nSPS) is 10.7. The van der Waals surface area contributed by atoms with Crippen LogP contribution >= 0.6 is 0 Å². The molecule has 106 valence electrons. The molecule has 0 saturated carbocycles. The Labute approximate surface area is 123 Å². The minimum atomic E-state index is 0.346. The van der Waals surface area contributed by atoms with Crippen molar-refractivity contribution < 1.29 is 9.53 Å². The number of hydrogen-bond acceptors (Lipinski definition) is 3. The third kappa shape index (κ3) is 2.52. The number of carbonyl (C=O) groups is 1. The molecular formula is C17H16N2O2. The van der Waals surface area contributed by atoms with Gasteiger partial charge in [0.1, 0.15) is 18.1 Å². The van der Waals surface area contributed by atoms with Gasteiger partial charge in [0.2, 0.25) is 0 Å². The van der Waals surface area contributed by atoms with Crippen molar-refractivity contribution in [3.63, 3.8) is 0 Å². The fourth-order valence-electron chi connectivity index (χ4n) is 2.40. The molecular weight excluding hydrogens is 264 g/mol. The quantitative estimate of drug-likeness (QED) is 0.672. The maximum atomic E-state index is 11.0. The van der Waals surface area contributed by atoms with Gasteiger partial charge >= 0.3 is 0 Å². The number of hydrogen-bond donors (Lipinski definition) is 0. The van der Waals surface area contributed by atoms with Crippen LogP contribution in [0.5, 0.6) is 5.75 Å². The Morgan fingerprint density at radius 2 is 1.90 bits per heavy atom. The van der Waals surface area contributed by atoms with Gasteiger partial charge in [0, 0.05) is 11.9 Å². The zero-order chi connectivity index (χ0) is 14.7. The van der Waals surface area contributed by atoms with Crippen LogP contribution in [0.15, 0.2) is 48.5 Å². The maximum absolute atomic E-state index is 11.0. The standard InChI is InChI=1S/C17H16N2O2/c1-2-19-16-9-5-4-8-14(16)15(18-19)12-21-17-10-6-3-7-13(17)11-20/h3-11H,2,12H2,1H3. The van der Waals surface area contributed by atoms with Gasteiger partial charge in [0.05, 0.1) is 11.1 Å². The van der Waals surface area contributed by atoms with Crippen molar-refractivity contribution in [1.82, 2.24) is 9.78 Å². The summed E-state index contributed by atoms with van der Waals surface area (Å²) >= 11 is 0. The average Bonchev–Trinajstić information content (AvgIpc) is 2.91. The van der Waals surface area contributed by atoms with Crippen molar-refractivity contribution in [2.45, 2.75) is 20.1 Å². The first-order chi connectivity index (χ1) is 10.3. The van der Waals surface area contributed by atoms with Gasteiger partial charge in [-0.15, -0.1) is 0 Å². The fourth-order valence-corrected chi connectivity index (χ4v) is 2.40. The summed E-state index contributed by atoms with van der Waals surface area (Å²) in [6, 6.07) is 15.3. The highest BCUT2D eigenvalue weighted by Crippen LogP contribution is 2.22. The van der Waals surface area contributed by atoms with Gasteiger partial charge in [-0.1, -0.05) is 30.3 Å². The molecule has 0 aliphatic rings. The molecule has 4 heteroatoms. The summed E-state index contributed by atoms with van der Waals surface area (Å²) in [6.07, 6.45) is 0.804. The molecule has 3 rings (SSSR count). The Kier molecular flexibility index (Phi) is 3.69. The van der Waals surface area contributed by atoms with Crippen LogP contribution < -0.4 is 4.74 Å². The van der Waals surface area contributed by atoms with Crippen molar-refractivity contribution in [1.29, 1.82) is 0 Å². The SMILES string of the molecule is CCn1nc(COc2ccccc2C=O)c2ccccc21. The molecule has 0 atom stereocenters. The molecule has 2 aromatic carbocycles. The first-order valence-corrected chi connectivity index (χ1v) is 6.95. The number of aryl methyl sites for hydroxylation is 1. The van der Waals surface area contributed by atoms with E-state index in [9.17, 15) is 4.79 Å². The average molecular weight is 280 g/mol. The first kappa shape index (κ1) is 13.4. The number of fused-ring (bicyclic) bond motifs is 1. The predicted octanol–water partition coefficient (Wildman–Crippen LogP) is 3.45. The molecule has 1 aromatic heterocycles. The smallest absolute Gasteiger partial charge is 0.153 e. The lowest BCUT2D eigenvalue weighted by atomic mass is 10.2. The molecule has 0 aliphatic carbocycles. The Morgan fingerprint density at radius 3 is 2.71 bits per heavy atom. The van der Waals surface area contributed by atoms with E-state index in [0.29, 0.717) is 17.9 Å². The molecule has 1 heterocycles. The molecule has 0 N–H and O–H groups in total. The third-order valence-electron chi connectivity index (χ3n) is 3.44. The lowest BCUT2D eigenvalue weighted by molar-refractivity contribution is 0.111. The van der Waals surface area contributed by atoms with Gasteiger partial charge in [-0.2, -0.15) is 5.10 Å². The second kappa shape index (κ2) is 5.79. The second-order valence-corrected chi connectivity index (χ2v) is 4.72. The van der Waals surface area contributed by atoms with Crippen LogP contribution in [0.1, 0.15) is 23.0 Å². The van der Waals surface area contributed by atoms with E-state index in [2.05, 4.69) is 18.1 Å². The summed E-state index contributed by atoms with van der Waals surface area (Å²) in [5.41, 5.74) is 2.53. The predicted molar refractivity (Wildman–Crippen MR) is 81.6 cm³/mol. The van der Waals surface area contributed by atoms with Crippen LogP contribution in [-0.4, -0.2) is 16.1 Å². The van der Waals surface area contributed by atoms with E-state index in [1.807, 2.05) is 35.0 Å². The molecule has 0 radical (unpaired) electrons. The van der Waals surface area contributed by atoms with Gasteiger partial charge in [-0.3, -0.25) is 9.48 Å². The highest BCUT2D eigenvalue weighted by Gasteiger charge is 2.10. The maximum Gasteiger partial charge on any atom is 0.153 e. The number of aldehydes is 1. The van der Waals surface area contributed by atoms with E-state index in [4.69, 9.17) is 4.74 Å². The number of ether oxygens (including phenoxy) is 1. The lowest BCUT2D eigenvalue weighted by Gasteiger charge is -2.06.